The first-order valence-electron chi connectivity index (χ1n) is 12.4. The molecule has 4 aliphatic rings. The van der Waals surface area contributed by atoms with Crippen molar-refractivity contribution >= 4 is 35.3 Å². The first-order valence-corrected chi connectivity index (χ1v) is 12.4. The third kappa shape index (κ3) is 3.66. The molecular weight excluding hydrogens is 450 g/mol. The number of imide groups is 1. The Balaban J connectivity index is 1.22. The predicted molar refractivity (Wildman–Crippen MR) is 126 cm³/mol. The summed E-state index contributed by atoms with van der Waals surface area (Å²) >= 11 is 0. The molecule has 35 heavy (non-hydrogen) atoms. The van der Waals surface area contributed by atoms with Crippen LogP contribution in [0.4, 0.5) is 10.5 Å². The number of hydrogen-bond acceptors (Lipinski definition) is 5. The van der Waals surface area contributed by atoms with Crippen molar-refractivity contribution in [3.63, 3.8) is 0 Å². The van der Waals surface area contributed by atoms with Crippen LogP contribution in [-0.2, 0) is 14.4 Å². The summed E-state index contributed by atoms with van der Waals surface area (Å²) in [4.78, 5) is 67.3. The average molecular weight is 482 g/mol. The molecule has 0 bridgehead atoms. The lowest BCUT2D eigenvalue weighted by Crippen LogP contribution is -2.62. The maximum atomic E-state index is 13.3. The molecule has 2 saturated heterocycles. The predicted octanol–water partition coefficient (Wildman–Crippen LogP) is 2.30. The fourth-order valence-electron chi connectivity index (χ4n) is 5.94. The van der Waals surface area contributed by atoms with E-state index in [2.05, 4.69) is 17.7 Å². The van der Waals surface area contributed by atoms with Crippen LogP contribution in [0.15, 0.2) is 24.3 Å². The number of benzene rings is 1. The number of rotatable bonds is 5. The second-order valence-corrected chi connectivity index (χ2v) is 10.4. The van der Waals surface area contributed by atoms with Crippen molar-refractivity contribution in [1.82, 2.24) is 20.7 Å². The first-order chi connectivity index (χ1) is 16.7. The standard InChI is InChI=1S/C25H31N5O5/c1-16-9-13-25(14-10-16)22(34)30(23(35)26-25)27-19(31)8-5-15-28-21(33)17-6-3-4-7-18(17)29-20(32)11-12-24(28,29)2/h3-4,6-7,16H,5,8-15H2,1-2H3,(H,26,35)(H,27,31). The van der Waals surface area contributed by atoms with Gasteiger partial charge in [-0.05, 0) is 63.5 Å². The zero-order valence-electron chi connectivity index (χ0n) is 20.1. The Morgan fingerprint density at radius 3 is 2.57 bits per heavy atom. The van der Waals surface area contributed by atoms with Gasteiger partial charge in [-0.1, -0.05) is 19.1 Å². The van der Waals surface area contributed by atoms with E-state index in [-0.39, 0.29) is 24.8 Å². The molecule has 1 aromatic rings. The smallest absolute Gasteiger partial charge is 0.322 e. The van der Waals surface area contributed by atoms with Gasteiger partial charge in [0.1, 0.15) is 11.2 Å². The number of hydrogen-bond donors (Lipinski definition) is 2. The van der Waals surface area contributed by atoms with Gasteiger partial charge in [-0.2, -0.15) is 5.01 Å². The molecule has 186 valence electrons. The molecule has 6 amide bonds. The number of para-hydroxylation sites is 1. The van der Waals surface area contributed by atoms with Gasteiger partial charge in [-0.15, -0.1) is 0 Å². The Kier molecular flexibility index (Phi) is 5.56. The largest absolute Gasteiger partial charge is 0.344 e. The number of nitrogens with one attached hydrogen (secondary N) is 2. The van der Waals surface area contributed by atoms with Gasteiger partial charge in [0.05, 0.1) is 11.3 Å². The molecule has 3 heterocycles. The number of carbonyl (C=O) groups excluding carboxylic acids is 5. The summed E-state index contributed by atoms with van der Waals surface area (Å²) in [7, 11) is 0. The molecule has 0 radical (unpaired) electrons. The zero-order valence-corrected chi connectivity index (χ0v) is 20.1. The average Bonchev–Trinajstić information content (AvgIpc) is 3.26. The summed E-state index contributed by atoms with van der Waals surface area (Å²) in [5.74, 6) is -0.564. The van der Waals surface area contributed by atoms with E-state index < -0.39 is 29.0 Å². The van der Waals surface area contributed by atoms with Crippen LogP contribution >= 0.6 is 0 Å². The molecule has 1 aromatic carbocycles. The minimum atomic E-state index is -0.919. The van der Waals surface area contributed by atoms with Crippen molar-refractivity contribution in [1.29, 1.82) is 0 Å². The summed E-state index contributed by atoms with van der Waals surface area (Å²) in [5, 5.41) is 3.59. The van der Waals surface area contributed by atoms with E-state index in [1.54, 1.807) is 28.0 Å². The van der Waals surface area contributed by atoms with E-state index >= 15 is 0 Å². The highest BCUT2D eigenvalue weighted by atomic mass is 16.2. The number of anilines is 1. The van der Waals surface area contributed by atoms with E-state index in [9.17, 15) is 24.0 Å². The normalized spacial score (nSPS) is 30.0. The number of hydrazine groups is 1. The van der Waals surface area contributed by atoms with Crippen LogP contribution in [0, 0.1) is 5.92 Å². The van der Waals surface area contributed by atoms with Gasteiger partial charge in [0.2, 0.25) is 11.8 Å². The van der Waals surface area contributed by atoms with E-state index in [1.165, 1.54) is 0 Å². The molecule has 5 rings (SSSR count). The van der Waals surface area contributed by atoms with Gasteiger partial charge < -0.3 is 10.2 Å². The minimum absolute atomic E-state index is 0.0244. The molecule has 1 saturated carbocycles. The molecule has 3 aliphatic heterocycles. The van der Waals surface area contributed by atoms with Gasteiger partial charge >= 0.3 is 6.03 Å². The molecular formula is C25H31N5O5. The Hall–Kier alpha value is -3.43. The maximum absolute atomic E-state index is 13.3. The van der Waals surface area contributed by atoms with Gasteiger partial charge in [-0.25, -0.2) is 4.79 Å². The van der Waals surface area contributed by atoms with Gasteiger partial charge in [0.25, 0.3) is 11.8 Å². The number of urea groups is 1. The highest BCUT2D eigenvalue weighted by Crippen LogP contribution is 2.44. The minimum Gasteiger partial charge on any atom is -0.322 e. The van der Waals surface area contributed by atoms with Crippen LogP contribution in [0.5, 0.6) is 0 Å². The van der Waals surface area contributed by atoms with E-state index in [0.717, 1.165) is 17.9 Å². The number of fused-ring (bicyclic) bond motifs is 3. The summed E-state index contributed by atoms with van der Waals surface area (Å²) in [6.07, 6.45) is 4.04. The van der Waals surface area contributed by atoms with E-state index in [0.29, 0.717) is 49.3 Å². The van der Waals surface area contributed by atoms with Crippen molar-refractivity contribution in [2.75, 3.05) is 11.4 Å². The van der Waals surface area contributed by atoms with Gasteiger partial charge in [0, 0.05) is 19.4 Å². The van der Waals surface area contributed by atoms with Crippen LogP contribution in [0.25, 0.3) is 0 Å². The molecule has 1 spiro atoms. The fraction of sp³-hybridized carbons (Fsp3) is 0.560. The fourth-order valence-corrected chi connectivity index (χ4v) is 5.94. The molecule has 10 nitrogen and oxygen atoms in total. The second kappa shape index (κ2) is 8.35. The Morgan fingerprint density at radius 1 is 1.11 bits per heavy atom. The van der Waals surface area contributed by atoms with Gasteiger partial charge in [0.15, 0.2) is 0 Å². The van der Waals surface area contributed by atoms with Crippen molar-refractivity contribution in [3.8, 4) is 0 Å². The van der Waals surface area contributed by atoms with Crippen LogP contribution in [-0.4, -0.2) is 57.3 Å². The number of amides is 6. The summed E-state index contributed by atoms with van der Waals surface area (Å²) in [6.45, 7) is 4.27. The maximum Gasteiger partial charge on any atom is 0.344 e. The van der Waals surface area contributed by atoms with Crippen molar-refractivity contribution < 1.29 is 24.0 Å². The van der Waals surface area contributed by atoms with Crippen molar-refractivity contribution in [2.24, 2.45) is 5.92 Å². The summed E-state index contributed by atoms with van der Waals surface area (Å²) in [6, 6.07) is 6.47. The quantitative estimate of drug-likeness (QED) is 0.626. The highest BCUT2D eigenvalue weighted by molar-refractivity contribution is 6.10. The lowest BCUT2D eigenvalue weighted by molar-refractivity contribution is -0.140. The molecule has 1 aliphatic carbocycles. The topological polar surface area (TPSA) is 119 Å². The SMILES string of the molecule is CC1CCC2(CC1)NC(=O)N(NC(=O)CCCN1C(=O)c3ccccc3N3C(=O)CCC13C)C2=O. The zero-order chi connectivity index (χ0) is 25.0. The Bertz CT molecular complexity index is 1110. The van der Waals surface area contributed by atoms with Crippen LogP contribution < -0.4 is 15.6 Å². The molecule has 1 unspecified atom stereocenters. The number of nitrogens with zero attached hydrogens (tertiary/aromatic N) is 3. The number of carbonyl (C=O) groups is 5. The third-order valence-electron chi connectivity index (χ3n) is 8.06. The molecule has 2 N–H and O–H groups in total. The third-order valence-corrected chi connectivity index (χ3v) is 8.06. The van der Waals surface area contributed by atoms with E-state index in [4.69, 9.17) is 0 Å². The van der Waals surface area contributed by atoms with Crippen LogP contribution in [0.2, 0.25) is 0 Å². The summed E-state index contributed by atoms with van der Waals surface area (Å²) in [5.41, 5.74) is 1.85. The molecule has 10 heteroatoms. The molecule has 1 atom stereocenters. The first kappa shape index (κ1) is 23.3. The van der Waals surface area contributed by atoms with E-state index in [1.807, 2.05) is 13.0 Å². The Morgan fingerprint density at radius 2 is 1.83 bits per heavy atom. The van der Waals surface area contributed by atoms with Crippen molar-refractivity contribution in [3.05, 3.63) is 29.8 Å². The monoisotopic (exact) mass is 481 g/mol. The lowest BCUT2D eigenvalue weighted by atomic mass is 9.77. The molecule has 3 fully saturated rings. The second-order valence-electron chi connectivity index (χ2n) is 10.4. The van der Waals surface area contributed by atoms with Crippen LogP contribution in [0.3, 0.4) is 0 Å². The van der Waals surface area contributed by atoms with Gasteiger partial charge in [-0.3, -0.25) is 29.5 Å². The molecule has 0 aromatic heterocycles. The van der Waals surface area contributed by atoms with Crippen LogP contribution in [0.1, 0.15) is 75.6 Å². The Labute approximate surface area is 203 Å². The lowest BCUT2D eigenvalue weighted by Gasteiger charge is -2.48. The summed E-state index contributed by atoms with van der Waals surface area (Å²) < 4.78 is 0. The highest BCUT2D eigenvalue weighted by Gasteiger charge is 2.54. The van der Waals surface area contributed by atoms with Crippen molar-refractivity contribution in [2.45, 2.75) is 76.4 Å².